The van der Waals surface area contributed by atoms with Gasteiger partial charge in [-0.05, 0) is 13.1 Å². The van der Waals surface area contributed by atoms with Crippen molar-refractivity contribution in [1.82, 2.24) is 14.8 Å². The van der Waals surface area contributed by atoms with Crippen LogP contribution in [0.15, 0.2) is 12.3 Å². The molecule has 1 aliphatic rings. The summed E-state index contributed by atoms with van der Waals surface area (Å²) in [6, 6.07) is 1.29. The molecule has 17 heavy (non-hydrogen) atoms. The molecule has 2 N–H and O–H groups in total. The molecule has 0 aliphatic carbocycles. The lowest BCUT2D eigenvalue weighted by molar-refractivity contribution is 0.0658. The molecule has 0 atom stereocenters. The van der Waals surface area contributed by atoms with Gasteiger partial charge in [0.1, 0.15) is 5.69 Å². The Labute approximate surface area is 99.0 Å². The lowest BCUT2D eigenvalue weighted by Crippen LogP contribution is -2.47. The van der Waals surface area contributed by atoms with E-state index in [1.165, 1.54) is 6.07 Å². The van der Waals surface area contributed by atoms with Crippen molar-refractivity contribution in [1.29, 1.82) is 0 Å². The number of halogens is 1. The Morgan fingerprint density at radius 3 is 2.65 bits per heavy atom. The highest BCUT2D eigenvalue weighted by atomic mass is 19.1. The van der Waals surface area contributed by atoms with E-state index in [1.54, 1.807) is 4.90 Å². The Morgan fingerprint density at radius 2 is 2.06 bits per heavy atom. The topological polar surface area (TPSA) is 62.5 Å². The van der Waals surface area contributed by atoms with Gasteiger partial charge in [0.2, 0.25) is 0 Å². The van der Waals surface area contributed by atoms with Crippen molar-refractivity contribution in [2.75, 3.05) is 39.0 Å². The maximum Gasteiger partial charge on any atom is 0.272 e. The third-order valence-electron chi connectivity index (χ3n) is 2.89. The summed E-state index contributed by atoms with van der Waals surface area (Å²) in [6.45, 7) is 2.99. The first-order valence-corrected chi connectivity index (χ1v) is 5.47. The number of amides is 1. The van der Waals surface area contributed by atoms with Crippen LogP contribution in [-0.4, -0.2) is 53.9 Å². The fourth-order valence-electron chi connectivity index (χ4n) is 1.74. The van der Waals surface area contributed by atoms with Crippen LogP contribution in [0.4, 0.5) is 10.1 Å². The Hall–Kier alpha value is -1.69. The van der Waals surface area contributed by atoms with E-state index < -0.39 is 5.82 Å². The quantitative estimate of drug-likeness (QED) is 0.758. The van der Waals surface area contributed by atoms with Gasteiger partial charge < -0.3 is 15.5 Å². The monoisotopic (exact) mass is 238 g/mol. The predicted molar refractivity (Wildman–Crippen MR) is 62.0 cm³/mol. The molecule has 0 unspecified atom stereocenters. The van der Waals surface area contributed by atoms with E-state index in [4.69, 9.17) is 5.73 Å². The highest BCUT2D eigenvalue weighted by Crippen LogP contribution is 2.12. The van der Waals surface area contributed by atoms with Crippen molar-refractivity contribution in [2.45, 2.75) is 0 Å². The van der Waals surface area contributed by atoms with Gasteiger partial charge in [0.15, 0.2) is 5.82 Å². The number of carbonyl (C=O) groups is 1. The number of piperazine rings is 1. The molecule has 5 nitrogen and oxygen atoms in total. The average molecular weight is 238 g/mol. The molecule has 6 heteroatoms. The molecule has 1 fully saturated rings. The first-order valence-electron chi connectivity index (χ1n) is 5.47. The standard InChI is InChI=1S/C11H15FN4O/c1-15-2-4-16(5-3-15)11(17)10-6-9(13)8(12)7-14-10/h6-7H,2-5H2,1H3,(H2,13,14). The van der Waals surface area contributed by atoms with Crippen molar-refractivity contribution < 1.29 is 9.18 Å². The zero-order valence-electron chi connectivity index (χ0n) is 9.69. The third kappa shape index (κ3) is 2.52. The normalized spacial score (nSPS) is 17.2. The molecule has 0 radical (unpaired) electrons. The minimum Gasteiger partial charge on any atom is -0.396 e. The number of pyridine rings is 1. The molecule has 0 saturated carbocycles. The second kappa shape index (κ2) is 4.67. The van der Waals surface area contributed by atoms with Gasteiger partial charge in [-0.2, -0.15) is 0 Å². The number of aromatic nitrogens is 1. The first-order chi connectivity index (χ1) is 8.08. The summed E-state index contributed by atoms with van der Waals surface area (Å²) in [4.78, 5) is 19.7. The van der Waals surface area contributed by atoms with Gasteiger partial charge >= 0.3 is 0 Å². The molecule has 1 aliphatic heterocycles. The van der Waals surface area contributed by atoms with Crippen molar-refractivity contribution >= 4 is 11.6 Å². The molecule has 1 amide bonds. The third-order valence-corrected chi connectivity index (χ3v) is 2.89. The number of nitrogens with zero attached hydrogens (tertiary/aromatic N) is 3. The van der Waals surface area contributed by atoms with Gasteiger partial charge in [0, 0.05) is 26.2 Å². The smallest absolute Gasteiger partial charge is 0.272 e. The van der Waals surface area contributed by atoms with E-state index in [1.807, 2.05) is 7.05 Å². The van der Waals surface area contributed by atoms with Crippen LogP contribution in [0.5, 0.6) is 0 Å². The molecule has 2 rings (SSSR count). The van der Waals surface area contributed by atoms with Crippen LogP contribution in [0.1, 0.15) is 10.5 Å². The molecule has 0 spiro atoms. The van der Waals surface area contributed by atoms with Crippen LogP contribution < -0.4 is 5.73 Å². The highest BCUT2D eigenvalue weighted by Gasteiger charge is 2.21. The second-order valence-corrected chi connectivity index (χ2v) is 4.19. The van der Waals surface area contributed by atoms with Crippen LogP contribution in [0.25, 0.3) is 0 Å². The number of hydrogen-bond donors (Lipinski definition) is 1. The summed E-state index contributed by atoms with van der Waals surface area (Å²) in [5.74, 6) is -0.787. The van der Waals surface area contributed by atoms with Crippen molar-refractivity contribution in [2.24, 2.45) is 0 Å². The molecule has 0 bridgehead atoms. The van der Waals surface area contributed by atoms with Gasteiger partial charge in [-0.1, -0.05) is 0 Å². The van der Waals surface area contributed by atoms with Crippen LogP contribution in [0.3, 0.4) is 0 Å². The minimum absolute atomic E-state index is 0.0440. The fourth-order valence-corrected chi connectivity index (χ4v) is 1.74. The Balaban J connectivity index is 2.11. The average Bonchev–Trinajstić information content (AvgIpc) is 2.33. The Kier molecular flexibility index (Phi) is 3.23. The van der Waals surface area contributed by atoms with E-state index in [9.17, 15) is 9.18 Å². The molecular weight excluding hydrogens is 223 g/mol. The molecule has 0 aromatic carbocycles. The Morgan fingerprint density at radius 1 is 1.41 bits per heavy atom. The van der Waals surface area contributed by atoms with Gasteiger partial charge in [0.05, 0.1) is 11.9 Å². The Bertz CT molecular complexity index is 429. The summed E-state index contributed by atoms with van der Waals surface area (Å²) in [7, 11) is 2.01. The highest BCUT2D eigenvalue weighted by molar-refractivity contribution is 5.93. The first kappa shape index (κ1) is 11.8. The molecule has 92 valence electrons. The van der Waals surface area contributed by atoms with E-state index in [0.717, 1.165) is 19.3 Å². The van der Waals surface area contributed by atoms with Crippen LogP contribution in [0.2, 0.25) is 0 Å². The van der Waals surface area contributed by atoms with E-state index >= 15 is 0 Å². The lowest BCUT2D eigenvalue weighted by Gasteiger charge is -2.32. The van der Waals surface area contributed by atoms with Crippen molar-refractivity contribution in [3.63, 3.8) is 0 Å². The van der Waals surface area contributed by atoms with Crippen LogP contribution >= 0.6 is 0 Å². The number of anilines is 1. The molecule has 1 aromatic rings. The minimum atomic E-state index is -0.597. The zero-order valence-corrected chi connectivity index (χ0v) is 9.69. The summed E-state index contributed by atoms with van der Waals surface area (Å²) < 4.78 is 12.9. The lowest BCUT2D eigenvalue weighted by atomic mass is 10.2. The number of nitrogen functional groups attached to an aromatic ring is 1. The van der Waals surface area contributed by atoms with E-state index in [0.29, 0.717) is 13.1 Å². The van der Waals surface area contributed by atoms with E-state index in [-0.39, 0.29) is 17.3 Å². The SMILES string of the molecule is CN1CCN(C(=O)c2cc(N)c(F)cn2)CC1. The number of rotatable bonds is 1. The van der Waals surface area contributed by atoms with Gasteiger partial charge in [-0.3, -0.25) is 4.79 Å². The predicted octanol–water partition coefficient (Wildman–Crippen LogP) is 0.190. The summed E-state index contributed by atoms with van der Waals surface area (Å²) >= 11 is 0. The van der Waals surface area contributed by atoms with Gasteiger partial charge in [-0.25, -0.2) is 9.37 Å². The number of nitrogens with two attached hydrogens (primary N) is 1. The number of carbonyl (C=O) groups excluding carboxylic acids is 1. The van der Waals surface area contributed by atoms with E-state index in [2.05, 4.69) is 9.88 Å². The van der Waals surface area contributed by atoms with Crippen molar-refractivity contribution in [3.8, 4) is 0 Å². The van der Waals surface area contributed by atoms with Crippen molar-refractivity contribution in [3.05, 3.63) is 23.8 Å². The molecule has 2 heterocycles. The molecular formula is C11H15FN4O. The van der Waals surface area contributed by atoms with Gasteiger partial charge in [-0.15, -0.1) is 0 Å². The zero-order chi connectivity index (χ0) is 12.4. The maximum atomic E-state index is 12.9. The summed E-state index contributed by atoms with van der Waals surface area (Å²) in [6.07, 6.45) is 0.985. The molecule has 1 saturated heterocycles. The molecule has 1 aromatic heterocycles. The van der Waals surface area contributed by atoms with Crippen LogP contribution in [-0.2, 0) is 0 Å². The summed E-state index contributed by atoms with van der Waals surface area (Å²) in [5, 5.41) is 0. The largest absolute Gasteiger partial charge is 0.396 e. The maximum absolute atomic E-state index is 12.9. The second-order valence-electron chi connectivity index (χ2n) is 4.19. The van der Waals surface area contributed by atoms with Gasteiger partial charge in [0.25, 0.3) is 5.91 Å². The number of likely N-dealkylation sites (N-methyl/N-ethyl adjacent to an activating group) is 1. The van der Waals surface area contributed by atoms with Crippen LogP contribution in [0, 0.1) is 5.82 Å². The summed E-state index contributed by atoms with van der Waals surface area (Å²) in [5.41, 5.74) is 5.57. The fraction of sp³-hybridized carbons (Fsp3) is 0.455. The number of hydrogen-bond acceptors (Lipinski definition) is 4.